The Balaban J connectivity index is 2.36. The Morgan fingerprint density at radius 2 is 1.56 bits per heavy atom. The fourth-order valence-electron chi connectivity index (χ4n) is 2.18. The number of nitrogens with one attached hydrogen (secondary N) is 1. The minimum Gasteiger partial charge on any atom is -0.478 e. The van der Waals surface area contributed by atoms with E-state index >= 15 is 0 Å². The van der Waals surface area contributed by atoms with E-state index in [2.05, 4.69) is 5.32 Å². The van der Waals surface area contributed by atoms with Crippen LogP contribution in [0.4, 0.5) is 5.69 Å². The lowest BCUT2D eigenvalue weighted by Gasteiger charge is -2.06. The van der Waals surface area contributed by atoms with Crippen LogP contribution in [0.5, 0.6) is 0 Å². The van der Waals surface area contributed by atoms with E-state index in [1.54, 1.807) is 36.4 Å². The maximum absolute atomic E-state index is 11.6. The number of amides is 1. The first-order valence-electron chi connectivity index (χ1n) is 7.30. The topological polar surface area (TPSA) is 101 Å². The number of hydrogen-bond donors (Lipinski definition) is 2. The average Bonchev–Trinajstić information content (AvgIpc) is 2.52. The highest BCUT2D eigenvalue weighted by molar-refractivity contribution is 7.90. The second-order valence-electron chi connectivity index (χ2n) is 5.46. The molecule has 0 saturated carbocycles. The summed E-state index contributed by atoms with van der Waals surface area (Å²) >= 11 is 0. The molecule has 2 aromatic carbocycles. The summed E-state index contributed by atoms with van der Waals surface area (Å²) in [5.74, 6) is -1.33. The zero-order valence-corrected chi connectivity index (χ0v) is 14.5. The molecule has 0 aliphatic heterocycles. The van der Waals surface area contributed by atoms with Gasteiger partial charge in [0, 0.05) is 18.9 Å². The molecule has 2 aromatic rings. The van der Waals surface area contributed by atoms with Crippen LogP contribution < -0.4 is 5.32 Å². The molecule has 0 heterocycles. The van der Waals surface area contributed by atoms with E-state index < -0.39 is 15.8 Å². The molecular weight excluding hydrogens is 342 g/mol. The Labute approximate surface area is 145 Å². The highest BCUT2D eigenvalue weighted by Crippen LogP contribution is 2.21. The Morgan fingerprint density at radius 3 is 2.00 bits per heavy atom. The van der Waals surface area contributed by atoms with Crippen LogP contribution in [0.15, 0.2) is 53.4 Å². The second-order valence-corrected chi connectivity index (χ2v) is 7.48. The smallest absolute Gasteiger partial charge is 0.336 e. The number of carboxylic acids is 1. The normalized spacial score (nSPS) is 11.8. The van der Waals surface area contributed by atoms with Crippen molar-refractivity contribution in [3.05, 3.63) is 59.7 Å². The van der Waals surface area contributed by atoms with Crippen LogP contribution in [0.3, 0.4) is 0 Å². The standard InChI is InChI=1S/C18H17NO5S/c1-12(20)19-15-7-5-14(6-8-15)17(18(21)22)11-13-3-9-16(10-4-13)25(2,23)24/h3-11H,1-2H3,(H,19,20)(H,21,22)/b17-11-. The minimum absolute atomic E-state index is 0.0569. The Kier molecular flexibility index (Phi) is 5.38. The fraction of sp³-hybridized carbons (Fsp3) is 0.111. The van der Waals surface area contributed by atoms with Gasteiger partial charge in [-0.3, -0.25) is 4.79 Å². The Morgan fingerprint density at radius 1 is 1.00 bits per heavy atom. The predicted octanol–water partition coefficient (Wildman–Crippen LogP) is 2.67. The molecule has 6 nitrogen and oxygen atoms in total. The molecule has 7 heteroatoms. The van der Waals surface area contributed by atoms with Crippen LogP contribution in [0.2, 0.25) is 0 Å². The van der Waals surface area contributed by atoms with E-state index in [0.29, 0.717) is 16.8 Å². The van der Waals surface area contributed by atoms with Crippen LogP contribution in [0, 0.1) is 0 Å². The molecule has 0 fully saturated rings. The van der Waals surface area contributed by atoms with Crippen LogP contribution in [0.25, 0.3) is 11.6 Å². The van der Waals surface area contributed by atoms with Crippen molar-refractivity contribution >= 4 is 39.1 Å². The van der Waals surface area contributed by atoms with E-state index in [4.69, 9.17) is 0 Å². The number of hydrogen-bond acceptors (Lipinski definition) is 4. The fourth-order valence-corrected chi connectivity index (χ4v) is 2.81. The summed E-state index contributed by atoms with van der Waals surface area (Å²) in [4.78, 5) is 22.7. The Hall–Kier alpha value is -2.93. The molecule has 2 rings (SSSR count). The number of carbonyl (C=O) groups is 2. The van der Waals surface area contributed by atoms with Crippen molar-refractivity contribution in [2.24, 2.45) is 0 Å². The van der Waals surface area contributed by atoms with Crippen LogP contribution in [0.1, 0.15) is 18.1 Å². The van der Waals surface area contributed by atoms with Gasteiger partial charge in [0.05, 0.1) is 10.5 Å². The van der Waals surface area contributed by atoms with Gasteiger partial charge in [-0.2, -0.15) is 0 Å². The van der Waals surface area contributed by atoms with Gasteiger partial charge in [-0.05, 0) is 41.5 Å². The minimum atomic E-state index is -3.30. The lowest BCUT2D eigenvalue weighted by atomic mass is 10.0. The summed E-state index contributed by atoms with van der Waals surface area (Å²) in [5.41, 5.74) is 1.66. The van der Waals surface area contributed by atoms with E-state index in [9.17, 15) is 23.1 Å². The Bertz CT molecular complexity index is 926. The van der Waals surface area contributed by atoms with Gasteiger partial charge in [0.2, 0.25) is 5.91 Å². The molecule has 1 amide bonds. The third-order valence-electron chi connectivity index (χ3n) is 3.37. The van der Waals surface area contributed by atoms with Crippen molar-refractivity contribution in [2.45, 2.75) is 11.8 Å². The SMILES string of the molecule is CC(=O)Nc1ccc(/C(=C/c2ccc(S(C)(=O)=O)cc2)C(=O)O)cc1. The lowest BCUT2D eigenvalue weighted by Crippen LogP contribution is -2.06. The van der Waals surface area contributed by atoms with Gasteiger partial charge < -0.3 is 10.4 Å². The molecule has 0 spiro atoms. The van der Waals surface area contributed by atoms with E-state index in [1.165, 1.54) is 25.1 Å². The van der Waals surface area contributed by atoms with Crippen molar-refractivity contribution in [3.8, 4) is 0 Å². The van der Waals surface area contributed by atoms with Gasteiger partial charge in [-0.25, -0.2) is 13.2 Å². The van der Waals surface area contributed by atoms with Gasteiger partial charge in [0.1, 0.15) is 0 Å². The summed E-state index contributed by atoms with van der Waals surface area (Å²) in [6.45, 7) is 1.39. The van der Waals surface area contributed by atoms with E-state index in [-0.39, 0.29) is 16.4 Å². The number of sulfone groups is 1. The first kappa shape index (κ1) is 18.4. The molecule has 0 radical (unpaired) electrons. The second kappa shape index (κ2) is 7.31. The maximum Gasteiger partial charge on any atom is 0.336 e. The lowest BCUT2D eigenvalue weighted by molar-refractivity contribution is -0.130. The molecule has 130 valence electrons. The molecule has 0 aliphatic rings. The molecule has 2 N–H and O–H groups in total. The summed E-state index contributed by atoms with van der Waals surface area (Å²) < 4.78 is 22.9. The number of carboxylic acid groups (broad SMARTS) is 1. The van der Waals surface area contributed by atoms with Crippen molar-refractivity contribution in [2.75, 3.05) is 11.6 Å². The largest absolute Gasteiger partial charge is 0.478 e. The van der Waals surface area contributed by atoms with Gasteiger partial charge in [0.15, 0.2) is 9.84 Å². The molecule has 0 unspecified atom stereocenters. The first-order chi connectivity index (χ1) is 11.7. The monoisotopic (exact) mass is 359 g/mol. The van der Waals surface area contributed by atoms with Crippen molar-refractivity contribution < 1.29 is 23.1 Å². The molecule has 0 aromatic heterocycles. The number of benzene rings is 2. The first-order valence-corrected chi connectivity index (χ1v) is 9.19. The van der Waals surface area contributed by atoms with E-state index in [0.717, 1.165) is 6.26 Å². The van der Waals surface area contributed by atoms with Gasteiger partial charge in [-0.15, -0.1) is 0 Å². The summed E-state index contributed by atoms with van der Waals surface area (Å²) in [5, 5.41) is 12.1. The van der Waals surface area contributed by atoms with Crippen LogP contribution >= 0.6 is 0 Å². The maximum atomic E-state index is 11.6. The molecule has 0 saturated heterocycles. The van der Waals surface area contributed by atoms with Gasteiger partial charge in [0.25, 0.3) is 0 Å². The third kappa shape index (κ3) is 5.02. The van der Waals surface area contributed by atoms with Crippen molar-refractivity contribution in [1.29, 1.82) is 0 Å². The van der Waals surface area contributed by atoms with Gasteiger partial charge in [-0.1, -0.05) is 24.3 Å². The molecule has 0 aliphatic carbocycles. The van der Waals surface area contributed by atoms with Gasteiger partial charge >= 0.3 is 5.97 Å². The molecule has 0 bridgehead atoms. The van der Waals surface area contributed by atoms with Crippen LogP contribution in [-0.2, 0) is 19.4 Å². The van der Waals surface area contributed by atoms with E-state index in [1.807, 2.05) is 0 Å². The van der Waals surface area contributed by atoms with Crippen molar-refractivity contribution in [3.63, 3.8) is 0 Å². The molecular formula is C18H17NO5S. The zero-order chi connectivity index (χ0) is 18.6. The summed E-state index contributed by atoms with van der Waals surface area (Å²) in [6.07, 6.45) is 2.57. The molecule has 0 atom stereocenters. The number of carbonyl (C=O) groups excluding carboxylic acids is 1. The summed E-state index contributed by atoms with van der Waals surface area (Å²) in [7, 11) is -3.30. The third-order valence-corrected chi connectivity index (χ3v) is 4.49. The number of anilines is 1. The summed E-state index contributed by atoms with van der Waals surface area (Å²) in [6, 6.07) is 12.4. The number of rotatable bonds is 5. The number of aliphatic carboxylic acids is 1. The average molecular weight is 359 g/mol. The van der Waals surface area contributed by atoms with Crippen molar-refractivity contribution in [1.82, 2.24) is 0 Å². The highest BCUT2D eigenvalue weighted by Gasteiger charge is 2.11. The predicted molar refractivity (Wildman–Crippen MR) is 95.8 cm³/mol. The zero-order valence-electron chi connectivity index (χ0n) is 13.7. The van der Waals surface area contributed by atoms with Crippen LogP contribution in [-0.4, -0.2) is 31.7 Å². The quantitative estimate of drug-likeness (QED) is 0.631. The molecule has 25 heavy (non-hydrogen) atoms. The highest BCUT2D eigenvalue weighted by atomic mass is 32.2.